The quantitative estimate of drug-likeness (QED) is 0.801. The van der Waals surface area contributed by atoms with Gasteiger partial charge in [0.15, 0.2) is 0 Å². The molecular weight excluding hydrogens is 330 g/mol. The van der Waals surface area contributed by atoms with E-state index in [1.165, 1.54) is 18.2 Å². The minimum absolute atomic E-state index is 0.00148. The van der Waals surface area contributed by atoms with Gasteiger partial charge in [-0.2, -0.15) is 0 Å². The molecule has 2 rings (SSSR count). The largest absolute Gasteiger partial charge is 0.375 e. The summed E-state index contributed by atoms with van der Waals surface area (Å²) in [5.41, 5.74) is 2.42. The van der Waals surface area contributed by atoms with E-state index in [4.69, 9.17) is 4.74 Å². The maximum Gasteiger partial charge on any atom is 0.248 e. The van der Waals surface area contributed by atoms with Crippen molar-refractivity contribution in [3.05, 3.63) is 35.4 Å². The molecule has 1 aromatic rings. The zero-order valence-electron chi connectivity index (χ0n) is 16.3. The van der Waals surface area contributed by atoms with Crippen LogP contribution in [0.15, 0.2) is 24.3 Å². The van der Waals surface area contributed by atoms with E-state index in [0.29, 0.717) is 32.5 Å². The van der Waals surface area contributed by atoms with Gasteiger partial charge in [0, 0.05) is 32.7 Å². The second-order valence-electron chi connectivity index (χ2n) is 7.22. The molecule has 0 radical (unpaired) electrons. The third kappa shape index (κ3) is 5.54. The van der Waals surface area contributed by atoms with Crippen LogP contribution >= 0.6 is 0 Å². The molecule has 1 fully saturated rings. The summed E-state index contributed by atoms with van der Waals surface area (Å²) in [6, 6.07) is 8.57. The number of amides is 2. The highest BCUT2D eigenvalue weighted by molar-refractivity contribution is 5.80. The first-order chi connectivity index (χ1) is 12.4. The first kappa shape index (κ1) is 20.4. The number of hydrogen-bond acceptors (Lipinski definition) is 4. The van der Waals surface area contributed by atoms with Gasteiger partial charge in [0.2, 0.25) is 11.8 Å². The number of nitrogens with one attached hydrogen (secondary N) is 1. The van der Waals surface area contributed by atoms with Gasteiger partial charge in [-0.25, -0.2) is 0 Å². The van der Waals surface area contributed by atoms with Gasteiger partial charge in [0.1, 0.15) is 6.61 Å². The molecule has 0 spiro atoms. The van der Waals surface area contributed by atoms with Gasteiger partial charge < -0.3 is 19.9 Å². The SMILES string of the molecule is COCC(=O)N1CCC(C(=O)NC[C@@H](c2ccc(C)cc2)N(C)C)CC1. The number of carbonyl (C=O) groups excluding carboxylic acids is 2. The molecule has 6 nitrogen and oxygen atoms in total. The normalized spacial score (nSPS) is 16.6. The number of ether oxygens (including phenoxy) is 1. The second kappa shape index (κ2) is 9.69. The van der Waals surface area contributed by atoms with Crippen molar-refractivity contribution in [1.29, 1.82) is 0 Å². The Morgan fingerprint density at radius 3 is 2.38 bits per heavy atom. The smallest absolute Gasteiger partial charge is 0.248 e. The minimum atomic E-state index is -0.0255. The summed E-state index contributed by atoms with van der Waals surface area (Å²) in [7, 11) is 5.57. The minimum Gasteiger partial charge on any atom is -0.375 e. The number of aryl methyl sites for hydroxylation is 1. The number of likely N-dealkylation sites (tertiary alicyclic amines) is 1. The Labute approximate surface area is 156 Å². The Balaban J connectivity index is 1.85. The Morgan fingerprint density at radius 2 is 1.85 bits per heavy atom. The number of rotatable bonds is 7. The van der Waals surface area contributed by atoms with Crippen LogP contribution in [0.5, 0.6) is 0 Å². The van der Waals surface area contributed by atoms with Crippen molar-refractivity contribution in [2.75, 3.05) is 47.4 Å². The topological polar surface area (TPSA) is 61.9 Å². The summed E-state index contributed by atoms with van der Waals surface area (Å²) in [4.78, 5) is 28.3. The van der Waals surface area contributed by atoms with Crippen molar-refractivity contribution in [2.45, 2.75) is 25.8 Å². The molecule has 1 aromatic carbocycles. The van der Waals surface area contributed by atoms with E-state index in [1.54, 1.807) is 4.90 Å². The molecule has 0 aromatic heterocycles. The number of benzene rings is 1. The van der Waals surface area contributed by atoms with Crippen LogP contribution in [-0.4, -0.2) is 69.1 Å². The average Bonchev–Trinajstić information content (AvgIpc) is 2.63. The fourth-order valence-corrected chi connectivity index (χ4v) is 3.33. The lowest BCUT2D eigenvalue weighted by atomic mass is 9.95. The highest BCUT2D eigenvalue weighted by atomic mass is 16.5. The molecule has 2 amide bonds. The van der Waals surface area contributed by atoms with Gasteiger partial charge in [-0.3, -0.25) is 9.59 Å². The first-order valence-corrected chi connectivity index (χ1v) is 9.19. The number of methoxy groups -OCH3 is 1. The molecule has 26 heavy (non-hydrogen) atoms. The van der Waals surface area contributed by atoms with Crippen molar-refractivity contribution >= 4 is 11.8 Å². The molecule has 6 heteroatoms. The molecule has 0 unspecified atom stereocenters. The molecular formula is C20H31N3O3. The van der Waals surface area contributed by atoms with Crippen molar-refractivity contribution in [3.8, 4) is 0 Å². The molecule has 0 bridgehead atoms. The molecule has 0 aliphatic carbocycles. The van der Waals surface area contributed by atoms with Gasteiger partial charge in [-0.15, -0.1) is 0 Å². The fourth-order valence-electron chi connectivity index (χ4n) is 3.33. The van der Waals surface area contributed by atoms with Crippen LogP contribution in [0.4, 0.5) is 0 Å². The summed E-state index contributed by atoms with van der Waals surface area (Å²) in [6.07, 6.45) is 1.41. The molecule has 1 aliphatic rings. The van der Waals surface area contributed by atoms with Crippen LogP contribution < -0.4 is 5.32 Å². The zero-order chi connectivity index (χ0) is 19.1. The lowest BCUT2D eigenvalue weighted by Crippen LogP contribution is -2.45. The van der Waals surface area contributed by atoms with E-state index in [9.17, 15) is 9.59 Å². The van der Waals surface area contributed by atoms with Crippen LogP contribution in [-0.2, 0) is 14.3 Å². The van der Waals surface area contributed by atoms with E-state index < -0.39 is 0 Å². The fraction of sp³-hybridized carbons (Fsp3) is 0.600. The maximum atomic E-state index is 12.6. The number of piperidine rings is 1. The number of hydrogen-bond donors (Lipinski definition) is 1. The molecule has 1 atom stereocenters. The lowest BCUT2D eigenvalue weighted by molar-refractivity contribution is -0.138. The van der Waals surface area contributed by atoms with Gasteiger partial charge >= 0.3 is 0 Å². The summed E-state index contributed by atoms with van der Waals surface area (Å²) >= 11 is 0. The molecule has 1 heterocycles. The molecule has 1 aliphatic heterocycles. The van der Waals surface area contributed by atoms with Crippen LogP contribution in [0.2, 0.25) is 0 Å². The van der Waals surface area contributed by atoms with E-state index in [0.717, 1.165) is 0 Å². The van der Waals surface area contributed by atoms with Gasteiger partial charge in [-0.05, 0) is 39.4 Å². The van der Waals surface area contributed by atoms with Gasteiger partial charge in [0.05, 0.1) is 6.04 Å². The zero-order valence-corrected chi connectivity index (χ0v) is 16.3. The van der Waals surface area contributed by atoms with E-state index in [2.05, 4.69) is 41.4 Å². The second-order valence-corrected chi connectivity index (χ2v) is 7.22. The van der Waals surface area contributed by atoms with E-state index >= 15 is 0 Å². The van der Waals surface area contributed by atoms with Crippen molar-refractivity contribution in [3.63, 3.8) is 0 Å². The molecule has 144 valence electrons. The Kier molecular flexibility index (Phi) is 7.60. The van der Waals surface area contributed by atoms with Crippen LogP contribution in [0, 0.1) is 12.8 Å². The van der Waals surface area contributed by atoms with Crippen molar-refractivity contribution < 1.29 is 14.3 Å². The number of likely N-dealkylation sites (N-methyl/N-ethyl adjacent to an activating group) is 1. The molecule has 0 saturated carbocycles. The maximum absolute atomic E-state index is 12.6. The number of carbonyl (C=O) groups is 2. The Morgan fingerprint density at radius 1 is 1.23 bits per heavy atom. The summed E-state index contributed by atoms with van der Waals surface area (Å²) in [5.74, 6) is 0.0589. The van der Waals surface area contributed by atoms with Gasteiger partial charge in [0.25, 0.3) is 0 Å². The van der Waals surface area contributed by atoms with E-state index in [-0.39, 0.29) is 30.4 Å². The molecule has 1 saturated heterocycles. The predicted molar refractivity (Wildman–Crippen MR) is 102 cm³/mol. The molecule has 1 N–H and O–H groups in total. The predicted octanol–water partition coefficient (Wildman–Crippen LogP) is 1.60. The summed E-state index contributed by atoms with van der Waals surface area (Å²) in [5, 5.41) is 3.11. The third-order valence-corrected chi connectivity index (χ3v) is 5.04. The Hall–Kier alpha value is -1.92. The van der Waals surface area contributed by atoms with Crippen LogP contribution in [0.3, 0.4) is 0 Å². The van der Waals surface area contributed by atoms with Crippen molar-refractivity contribution in [1.82, 2.24) is 15.1 Å². The lowest BCUT2D eigenvalue weighted by Gasteiger charge is -2.32. The van der Waals surface area contributed by atoms with Gasteiger partial charge in [-0.1, -0.05) is 29.8 Å². The highest BCUT2D eigenvalue weighted by Crippen LogP contribution is 2.20. The van der Waals surface area contributed by atoms with Crippen LogP contribution in [0.1, 0.15) is 30.0 Å². The summed E-state index contributed by atoms with van der Waals surface area (Å²) < 4.78 is 4.89. The van der Waals surface area contributed by atoms with Crippen LogP contribution in [0.25, 0.3) is 0 Å². The monoisotopic (exact) mass is 361 g/mol. The van der Waals surface area contributed by atoms with E-state index in [1.807, 2.05) is 14.1 Å². The number of nitrogens with zero attached hydrogens (tertiary/aromatic N) is 2. The summed E-state index contributed by atoms with van der Waals surface area (Å²) in [6.45, 7) is 4.00. The average molecular weight is 361 g/mol. The first-order valence-electron chi connectivity index (χ1n) is 9.19. The van der Waals surface area contributed by atoms with Crippen molar-refractivity contribution in [2.24, 2.45) is 5.92 Å². The Bertz CT molecular complexity index is 593. The standard InChI is InChI=1S/C20H31N3O3/c1-15-5-7-16(8-6-15)18(22(2)3)13-21-20(25)17-9-11-23(12-10-17)19(24)14-26-4/h5-8,17-18H,9-14H2,1-4H3,(H,21,25)/t18-/m0/s1. The third-order valence-electron chi connectivity index (χ3n) is 5.04. The highest BCUT2D eigenvalue weighted by Gasteiger charge is 2.27.